The zero-order valence-corrected chi connectivity index (χ0v) is 15.9. The van der Waals surface area contributed by atoms with Crippen molar-refractivity contribution in [3.8, 4) is 0 Å². The highest BCUT2D eigenvalue weighted by atomic mass is 32.2. The molecule has 2 aliphatic rings. The summed E-state index contributed by atoms with van der Waals surface area (Å²) in [4.78, 5) is 15.7. The van der Waals surface area contributed by atoms with Crippen LogP contribution in [0.2, 0.25) is 0 Å². The number of carbonyl (C=O) groups is 1. The molecule has 0 bridgehead atoms. The molecule has 2 aliphatic heterocycles. The van der Waals surface area contributed by atoms with Crippen LogP contribution in [0.4, 0.5) is 0 Å². The molecule has 8 heteroatoms. The van der Waals surface area contributed by atoms with Crippen molar-refractivity contribution in [3.05, 3.63) is 52.2 Å². The second-order valence-corrected chi connectivity index (χ2v) is 9.62. The van der Waals surface area contributed by atoms with Gasteiger partial charge in [0.25, 0.3) is 5.91 Å². The Morgan fingerprint density at radius 3 is 2.65 bits per heavy atom. The molecule has 138 valence electrons. The highest BCUT2D eigenvalue weighted by molar-refractivity contribution is 7.89. The van der Waals surface area contributed by atoms with Gasteiger partial charge in [0, 0.05) is 43.2 Å². The van der Waals surface area contributed by atoms with Crippen molar-refractivity contribution in [2.45, 2.75) is 11.4 Å². The van der Waals surface area contributed by atoms with Gasteiger partial charge < -0.3 is 10.2 Å². The Bertz CT molecular complexity index is 884. The number of carbonyl (C=O) groups excluding carboxylic acids is 1. The molecule has 1 aromatic heterocycles. The molecule has 0 unspecified atom stereocenters. The molecular weight excluding hydrogens is 370 g/mol. The monoisotopic (exact) mass is 391 g/mol. The predicted octanol–water partition coefficient (Wildman–Crippen LogP) is 1.52. The topological polar surface area (TPSA) is 78.5 Å². The Balaban J connectivity index is 1.48. The zero-order chi connectivity index (χ0) is 18.1. The molecule has 0 radical (unpaired) electrons. The van der Waals surface area contributed by atoms with Gasteiger partial charge in [0.2, 0.25) is 10.0 Å². The SMILES string of the molecule is O=C(c1cccc(S(=O)(=O)NCc2cccs2)c1)N1C[C@H]2CNC[C@H]2C1. The van der Waals surface area contributed by atoms with Crippen LogP contribution in [0.5, 0.6) is 0 Å². The Labute approximate surface area is 157 Å². The van der Waals surface area contributed by atoms with Crippen molar-refractivity contribution in [1.29, 1.82) is 0 Å². The maximum absolute atomic E-state index is 12.8. The van der Waals surface area contributed by atoms with Crippen molar-refractivity contribution in [2.24, 2.45) is 11.8 Å². The van der Waals surface area contributed by atoms with E-state index in [0.717, 1.165) is 31.1 Å². The zero-order valence-electron chi connectivity index (χ0n) is 14.2. The highest BCUT2D eigenvalue weighted by Crippen LogP contribution is 2.27. The number of hydrogen-bond donors (Lipinski definition) is 2. The first-order valence-electron chi connectivity index (χ1n) is 8.65. The number of nitrogens with one attached hydrogen (secondary N) is 2. The summed E-state index contributed by atoms with van der Waals surface area (Å²) in [5, 5.41) is 5.26. The third kappa shape index (κ3) is 3.55. The van der Waals surface area contributed by atoms with Crippen molar-refractivity contribution in [2.75, 3.05) is 26.2 Å². The number of nitrogens with zero attached hydrogens (tertiary/aromatic N) is 1. The molecule has 0 aliphatic carbocycles. The summed E-state index contributed by atoms with van der Waals surface area (Å²) in [5.41, 5.74) is 0.428. The summed E-state index contributed by atoms with van der Waals surface area (Å²) in [5.74, 6) is 0.936. The highest BCUT2D eigenvalue weighted by Gasteiger charge is 2.38. The van der Waals surface area contributed by atoms with Crippen LogP contribution in [0.25, 0.3) is 0 Å². The summed E-state index contributed by atoms with van der Waals surface area (Å²) >= 11 is 1.50. The lowest BCUT2D eigenvalue weighted by Crippen LogP contribution is -2.32. The largest absolute Gasteiger partial charge is 0.338 e. The van der Waals surface area contributed by atoms with Crippen LogP contribution >= 0.6 is 11.3 Å². The summed E-state index contributed by atoms with van der Waals surface area (Å²) in [6.45, 7) is 3.64. The summed E-state index contributed by atoms with van der Waals surface area (Å²) < 4.78 is 27.7. The average molecular weight is 392 g/mol. The van der Waals surface area contributed by atoms with E-state index in [1.807, 2.05) is 22.4 Å². The molecule has 1 aromatic carbocycles. The molecular formula is C18H21N3O3S2. The number of hydrogen-bond acceptors (Lipinski definition) is 5. The third-order valence-corrected chi connectivity index (χ3v) is 7.36. The number of sulfonamides is 1. The molecule has 6 nitrogen and oxygen atoms in total. The van der Waals surface area contributed by atoms with Gasteiger partial charge in [0.05, 0.1) is 4.90 Å². The standard InChI is InChI=1S/C18H21N3O3S2/c22-18(21-11-14-8-19-9-15(14)12-21)13-3-1-5-17(7-13)26(23,24)20-10-16-4-2-6-25-16/h1-7,14-15,19-20H,8-12H2/t14-,15+. The predicted molar refractivity (Wildman–Crippen MR) is 101 cm³/mol. The Kier molecular flexibility index (Phi) is 4.83. The fourth-order valence-corrected chi connectivity index (χ4v) is 5.45. The normalized spacial score (nSPS) is 22.5. The van der Waals surface area contributed by atoms with E-state index >= 15 is 0 Å². The fraction of sp³-hybridized carbons (Fsp3) is 0.389. The Morgan fingerprint density at radius 1 is 1.19 bits per heavy atom. The van der Waals surface area contributed by atoms with E-state index in [1.165, 1.54) is 23.5 Å². The first-order valence-corrected chi connectivity index (χ1v) is 11.0. The molecule has 0 saturated carbocycles. The Hall–Kier alpha value is -1.74. The van der Waals surface area contributed by atoms with E-state index in [2.05, 4.69) is 10.0 Å². The van der Waals surface area contributed by atoms with Gasteiger partial charge >= 0.3 is 0 Å². The van der Waals surface area contributed by atoms with Crippen molar-refractivity contribution in [1.82, 2.24) is 14.9 Å². The number of fused-ring (bicyclic) bond motifs is 1. The first-order chi connectivity index (χ1) is 12.5. The van der Waals surface area contributed by atoms with Crippen molar-refractivity contribution >= 4 is 27.3 Å². The first kappa shape index (κ1) is 17.7. The van der Waals surface area contributed by atoms with E-state index < -0.39 is 10.0 Å². The number of rotatable bonds is 5. The fourth-order valence-electron chi connectivity index (χ4n) is 3.66. The van der Waals surface area contributed by atoms with Gasteiger partial charge in [-0.2, -0.15) is 0 Å². The molecule has 2 saturated heterocycles. The summed E-state index contributed by atoms with van der Waals surface area (Å²) in [7, 11) is -3.66. The molecule has 2 atom stereocenters. The molecule has 0 spiro atoms. The molecule has 2 fully saturated rings. The maximum atomic E-state index is 12.8. The van der Waals surface area contributed by atoms with E-state index in [1.54, 1.807) is 12.1 Å². The van der Waals surface area contributed by atoms with Gasteiger partial charge in [0.15, 0.2) is 0 Å². The lowest BCUT2D eigenvalue weighted by atomic mass is 10.0. The molecule has 3 heterocycles. The van der Waals surface area contributed by atoms with Crippen LogP contribution in [0.15, 0.2) is 46.7 Å². The lowest BCUT2D eigenvalue weighted by molar-refractivity contribution is 0.0781. The van der Waals surface area contributed by atoms with Gasteiger partial charge in [-0.25, -0.2) is 13.1 Å². The van der Waals surface area contributed by atoms with Gasteiger partial charge in [-0.15, -0.1) is 11.3 Å². The third-order valence-electron chi connectivity index (χ3n) is 5.08. The number of thiophene rings is 1. The van der Waals surface area contributed by atoms with Crippen LogP contribution in [0.1, 0.15) is 15.2 Å². The van der Waals surface area contributed by atoms with Gasteiger partial charge in [-0.3, -0.25) is 4.79 Å². The quantitative estimate of drug-likeness (QED) is 0.810. The minimum Gasteiger partial charge on any atom is -0.338 e. The van der Waals surface area contributed by atoms with E-state index in [4.69, 9.17) is 0 Å². The van der Waals surface area contributed by atoms with E-state index in [-0.39, 0.29) is 17.3 Å². The minimum atomic E-state index is -3.66. The molecule has 26 heavy (non-hydrogen) atoms. The number of amides is 1. The van der Waals surface area contributed by atoms with E-state index in [9.17, 15) is 13.2 Å². The smallest absolute Gasteiger partial charge is 0.253 e. The van der Waals surface area contributed by atoms with Gasteiger partial charge in [-0.1, -0.05) is 12.1 Å². The van der Waals surface area contributed by atoms with Crippen LogP contribution in [-0.4, -0.2) is 45.4 Å². The van der Waals surface area contributed by atoms with Crippen molar-refractivity contribution < 1.29 is 13.2 Å². The van der Waals surface area contributed by atoms with Crippen LogP contribution in [-0.2, 0) is 16.6 Å². The molecule has 2 aromatic rings. The second-order valence-electron chi connectivity index (χ2n) is 6.82. The second kappa shape index (κ2) is 7.11. The Morgan fingerprint density at radius 2 is 1.96 bits per heavy atom. The lowest BCUT2D eigenvalue weighted by Gasteiger charge is -2.18. The van der Waals surface area contributed by atoms with E-state index in [0.29, 0.717) is 17.4 Å². The van der Waals surface area contributed by atoms with Gasteiger partial charge in [0.1, 0.15) is 0 Å². The summed E-state index contributed by atoms with van der Waals surface area (Å²) in [6.07, 6.45) is 0. The van der Waals surface area contributed by atoms with Crippen molar-refractivity contribution in [3.63, 3.8) is 0 Å². The maximum Gasteiger partial charge on any atom is 0.253 e. The average Bonchev–Trinajstić information content (AvgIpc) is 3.36. The number of benzene rings is 1. The van der Waals surface area contributed by atoms with Crippen LogP contribution in [0, 0.1) is 11.8 Å². The minimum absolute atomic E-state index is 0.0882. The molecule has 4 rings (SSSR count). The van der Waals surface area contributed by atoms with Gasteiger partial charge in [-0.05, 0) is 41.5 Å². The van der Waals surface area contributed by atoms with Crippen LogP contribution in [0.3, 0.4) is 0 Å². The van der Waals surface area contributed by atoms with Crippen LogP contribution < -0.4 is 10.0 Å². The number of likely N-dealkylation sites (tertiary alicyclic amines) is 1. The summed E-state index contributed by atoms with van der Waals surface area (Å²) in [6, 6.07) is 10.1. The molecule has 1 amide bonds. The molecule has 2 N–H and O–H groups in total.